The van der Waals surface area contributed by atoms with Crippen LogP contribution in [0.5, 0.6) is 0 Å². The van der Waals surface area contributed by atoms with Crippen molar-refractivity contribution in [1.29, 1.82) is 0 Å². The molecule has 0 aliphatic carbocycles. The van der Waals surface area contributed by atoms with Crippen molar-refractivity contribution < 1.29 is 27.4 Å². The number of methoxy groups -OCH3 is 1. The number of carbonyl (C=O) groups is 1. The van der Waals surface area contributed by atoms with Crippen LogP contribution in [-0.2, 0) is 19.6 Å². The van der Waals surface area contributed by atoms with Gasteiger partial charge in [0.15, 0.2) is 5.60 Å². The third kappa shape index (κ3) is 2.73. The van der Waals surface area contributed by atoms with Crippen LogP contribution in [0.25, 0.3) is 0 Å². The summed E-state index contributed by atoms with van der Waals surface area (Å²) >= 11 is 0. The normalized spacial score (nSPS) is 23.4. The van der Waals surface area contributed by atoms with E-state index in [-0.39, 0.29) is 30.0 Å². The van der Waals surface area contributed by atoms with Gasteiger partial charge in [0, 0.05) is 19.2 Å². The molecule has 1 fully saturated rings. The predicted octanol–water partition coefficient (Wildman–Crippen LogP) is 1.39. The van der Waals surface area contributed by atoms with Crippen molar-refractivity contribution in [2.75, 3.05) is 20.2 Å². The van der Waals surface area contributed by atoms with Crippen LogP contribution < -0.4 is 0 Å². The second kappa shape index (κ2) is 5.94. The van der Waals surface area contributed by atoms with E-state index in [2.05, 4.69) is 0 Å². The number of aliphatic carboxylic acids is 1. The average Bonchev–Trinajstić information content (AvgIpc) is 2.49. The van der Waals surface area contributed by atoms with Crippen molar-refractivity contribution in [3.05, 3.63) is 29.6 Å². The van der Waals surface area contributed by atoms with Gasteiger partial charge in [0.05, 0.1) is 11.4 Å². The molecule has 2 rings (SSSR count). The zero-order valence-electron chi connectivity index (χ0n) is 12.4. The van der Waals surface area contributed by atoms with Gasteiger partial charge in [0.2, 0.25) is 10.0 Å². The summed E-state index contributed by atoms with van der Waals surface area (Å²) in [6, 6.07) is 3.82. The summed E-state index contributed by atoms with van der Waals surface area (Å²) in [5.74, 6) is -1.82. The number of carboxylic acids is 1. The van der Waals surface area contributed by atoms with E-state index < -0.39 is 27.4 Å². The third-order valence-electron chi connectivity index (χ3n) is 4.04. The smallest absolute Gasteiger partial charge is 0.337 e. The maximum Gasteiger partial charge on any atom is 0.337 e. The van der Waals surface area contributed by atoms with E-state index in [1.807, 2.05) is 0 Å². The van der Waals surface area contributed by atoms with Gasteiger partial charge in [-0.05, 0) is 31.9 Å². The Kier molecular flexibility index (Phi) is 4.55. The third-order valence-corrected chi connectivity index (χ3v) is 6.03. The molecule has 1 aromatic rings. The highest BCUT2D eigenvalue weighted by Crippen LogP contribution is 2.30. The first kappa shape index (κ1) is 16.9. The number of hydrogen-bond donors (Lipinski definition) is 1. The molecule has 0 amide bonds. The number of rotatable bonds is 4. The molecule has 1 aliphatic rings. The van der Waals surface area contributed by atoms with E-state index in [9.17, 15) is 22.7 Å². The molecule has 1 heterocycles. The maximum atomic E-state index is 13.6. The molecule has 1 aliphatic heterocycles. The van der Waals surface area contributed by atoms with Crippen molar-refractivity contribution in [3.63, 3.8) is 0 Å². The van der Waals surface area contributed by atoms with E-state index in [4.69, 9.17) is 4.74 Å². The molecule has 0 radical (unpaired) electrons. The number of hydrogen-bond acceptors (Lipinski definition) is 4. The summed E-state index contributed by atoms with van der Waals surface area (Å²) in [7, 11) is -2.73. The summed E-state index contributed by atoms with van der Waals surface area (Å²) in [6.07, 6.45) is 0.584. The van der Waals surface area contributed by atoms with Gasteiger partial charge in [0.25, 0.3) is 0 Å². The molecular formula is C14H18FNO5S. The topological polar surface area (TPSA) is 83.9 Å². The minimum absolute atomic E-state index is 0.0198. The van der Waals surface area contributed by atoms with Crippen LogP contribution in [0.2, 0.25) is 0 Å². The Morgan fingerprint density at radius 2 is 2.14 bits per heavy atom. The summed E-state index contributed by atoms with van der Waals surface area (Å²) in [6.45, 7) is 1.26. The molecule has 0 spiro atoms. The minimum Gasteiger partial charge on any atom is -0.479 e. The van der Waals surface area contributed by atoms with Crippen molar-refractivity contribution in [2.45, 2.75) is 30.3 Å². The maximum absolute atomic E-state index is 13.6. The summed E-state index contributed by atoms with van der Waals surface area (Å²) in [4.78, 5) is 11.3. The lowest BCUT2D eigenvalue weighted by Gasteiger charge is -2.38. The van der Waals surface area contributed by atoms with Crippen molar-refractivity contribution in [1.82, 2.24) is 4.31 Å². The highest BCUT2D eigenvalue weighted by molar-refractivity contribution is 7.89. The second-order valence-electron chi connectivity index (χ2n) is 5.31. The van der Waals surface area contributed by atoms with E-state index in [0.29, 0.717) is 6.42 Å². The fraction of sp³-hybridized carbons (Fsp3) is 0.500. The van der Waals surface area contributed by atoms with Crippen LogP contribution in [-0.4, -0.2) is 49.6 Å². The highest BCUT2D eigenvalue weighted by atomic mass is 32.2. The van der Waals surface area contributed by atoms with E-state index in [0.717, 1.165) is 4.31 Å². The quantitative estimate of drug-likeness (QED) is 0.901. The molecule has 1 saturated heterocycles. The molecule has 0 aromatic heterocycles. The van der Waals surface area contributed by atoms with Gasteiger partial charge in [0.1, 0.15) is 5.82 Å². The molecule has 0 saturated carbocycles. The Bertz CT molecular complexity index is 690. The monoisotopic (exact) mass is 331 g/mol. The first-order valence-corrected chi connectivity index (χ1v) is 8.22. The Balaban J connectivity index is 2.42. The standard InChI is InChI=1S/C14H18FNO5S/c1-10-11(15)5-3-6-12(10)22(19,20)16-8-4-7-14(9-16,21-2)13(17)18/h3,5-6H,4,7-9H2,1-2H3,(H,17,18). The van der Waals surface area contributed by atoms with Gasteiger partial charge in [-0.2, -0.15) is 4.31 Å². The van der Waals surface area contributed by atoms with Gasteiger partial charge in [-0.1, -0.05) is 6.07 Å². The zero-order valence-corrected chi connectivity index (χ0v) is 13.2. The molecule has 1 N–H and O–H groups in total. The molecule has 6 nitrogen and oxygen atoms in total. The van der Waals surface area contributed by atoms with Gasteiger partial charge in [-0.15, -0.1) is 0 Å². The van der Waals surface area contributed by atoms with Crippen molar-refractivity contribution in [3.8, 4) is 0 Å². The molecule has 1 unspecified atom stereocenters. The summed E-state index contributed by atoms with van der Waals surface area (Å²) < 4.78 is 45.1. The molecule has 0 bridgehead atoms. The number of sulfonamides is 1. The lowest BCUT2D eigenvalue weighted by Crippen LogP contribution is -2.55. The fourth-order valence-electron chi connectivity index (χ4n) is 2.62. The minimum atomic E-state index is -3.98. The van der Waals surface area contributed by atoms with E-state index in [1.165, 1.54) is 32.2 Å². The number of nitrogens with zero attached hydrogens (tertiary/aromatic N) is 1. The van der Waals surface area contributed by atoms with Crippen molar-refractivity contribution >= 4 is 16.0 Å². The fourth-order valence-corrected chi connectivity index (χ4v) is 4.38. The molecule has 1 atom stereocenters. The molecule has 1 aromatic carbocycles. The first-order valence-electron chi connectivity index (χ1n) is 6.78. The average molecular weight is 331 g/mol. The summed E-state index contributed by atoms with van der Waals surface area (Å²) in [5, 5.41) is 9.34. The van der Waals surface area contributed by atoms with Crippen LogP contribution >= 0.6 is 0 Å². The highest BCUT2D eigenvalue weighted by Gasteiger charge is 2.46. The van der Waals surface area contributed by atoms with Gasteiger partial charge in [-0.25, -0.2) is 17.6 Å². The first-order chi connectivity index (χ1) is 10.2. The Morgan fingerprint density at radius 3 is 2.73 bits per heavy atom. The number of piperidine rings is 1. The van der Waals surface area contributed by atoms with Gasteiger partial charge >= 0.3 is 5.97 Å². The SMILES string of the molecule is COC1(C(=O)O)CCCN(S(=O)(=O)c2cccc(F)c2C)C1. The van der Waals surface area contributed by atoms with Gasteiger partial charge in [-0.3, -0.25) is 0 Å². The van der Waals surface area contributed by atoms with E-state index in [1.54, 1.807) is 0 Å². The Hall–Kier alpha value is -1.51. The van der Waals surface area contributed by atoms with Crippen LogP contribution in [0, 0.1) is 12.7 Å². The largest absolute Gasteiger partial charge is 0.479 e. The molecule has 8 heteroatoms. The van der Waals surface area contributed by atoms with E-state index >= 15 is 0 Å². The molecular weight excluding hydrogens is 313 g/mol. The second-order valence-corrected chi connectivity index (χ2v) is 7.22. The van der Waals surface area contributed by atoms with Crippen molar-refractivity contribution in [2.24, 2.45) is 0 Å². The Morgan fingerprint density at radius 1 is 1.45 bits per heavy atom. The Labute approximate surface area is 128 Å². The number of ether oxygens (including phenoxy) is 1. The molecule has 22 heavy (non-hydrogen) atoms. The molecule has 122 valence electrons. The summed E-state index contributed by atoms with van der Waals surface area (Å²) in [5.41, 5.74) is -1.54. The lowest BCUT2D eigenvalue weighted by atomic mass is 9.94. The number of carboxylic acid groups (broad SMARTS) is 1. The number of benzene rings is 1. The van der Waals surface area contributed by atoms with Crippen LogP contribution in [0.4, 0.5) is 4.39 Å². The van der Waals surface area contributed by atoms with Gasteiger partial charge < -0.3 is 9.84 Å². The predicted molar refractivity (Wildman–Crippen MR) is 76.5 cm³/mol. The number of halogens is 1. The van der Waals surface area contributed by atoms with Crippen LogP contribution in [0.15, 0.2) is 23.1 Å². The zero-order chi connectivity index (χ0) is 16.5. The van der Waals surface area contributed by atoms with Crippen LogP contribution in [0.3, 0.4) is 0 Å². The lowest BCUT2D eigenvalue weighted by molar-refractivity contribution is -0.166. The van der Waals surface area contributed by atoms with Crippen LogP contribution in [0.1, 0.15) is 18.4 Å².